The molecule has 1 aliphatic carbocycles. The lowest BCUT2D eigenvalue weighted by atomic mass is 9.98. The molecule has 0 aromatic heterocycles. The second-order valence-corrected chi connectivity index (χ2v) is 6.18. The van der Waals surface area contributed by atoms with Gasteiger partial charge in [0.15, 0.2) is 0 Å². The van der Waals surface area contributed by atoms with Crippen LogP contribution in [-0.4, -0.2) is 24.1 Å². The van der Waals surface area contributed by atoms with Crippen molar-refractivity contribution in [3.8, 4) is 11.1 Å². The summed E-state index contributed by atoms with van der Waals surface area (Å²) in [4.78, 5) is 35.4. The predicted molar refractivity (Wildman–Crippen MR) is 94.2 cm³/mol. The first-order valence-electron chi connectivity index (χ1n) is 8.56. The van der Waals surface area contributed by atoms with Gasteiger partial charge in [-0.15, -0.1) is 0 Å². The summed E-state index contributed by atoms with van der Waals surface area (Å²) in [5.74, 6) is -2.88. The maximum atomic E-state index is 11.9. The second-order valence-electron chi connectivity index (χ2n) is 6.18. The van der Waals surface area contributed by atoms with Gasteiger partial charge in [-0.2, -0.15) is 0 Å². The molecule has 0 saturated carbocycles. The monoisotopic (exact) mass is 336 g/mol. The Hall–Kier alpha value is -2.75. The molecule has 0 aliphatic heterocycles. The van der Waals surface area contributed by atoms with Gasteiger partial charge in [-0.25, -0.2) is 4.79 Å². The lowest BCUT2D eigenvalue weighted by Crippen LogP contribution is -2.27. The third-order valence-electron chi connectivity index (χ3n) is 4.54. The number of benzene rings is 2. The van der Waals surface area contributed by atoms with Crippen LogP contribution in [0.15, 0.2) is 48.5 Å². The predicted octanol–water partition coefficient (Wildman–Crippen LogP) is 3.67. The van der Waals surface area contributed by atoms with E-state index in [-0.39, 0.29) is 18.9 Å². The molecule has 0 atom stereocenters. The average molecular weight is 336 g/mol. The van der Waals surface area contributed by atoms with Crippen LogP contribution in [0.2, 0.25) is 0 Å². The van der Waals surface area contributed by atoms with Crippen LogP contribution in [0.1, 0.15) is 43.2 Å². The van der Waals surface area contributed by atoms with Crippen molar-refractivity contribution in [2.75, 3.05) is 6.61 Å². The Balaban J connectivity index is 1.72. The number of fused-ring (bicyclic) bond motifs is 3. The van der Waals surface area contributed by atoms with Crippen LogP contribution in [0.5, 0.6) is 0 Å². The Bertz CT molecular complexity index is 777. The van der Waals surface area contributed by atoms with Crippen LogP contribution >= 0.6 is 0 Å². The molecule has 25 heavy (non-hydrogen) atoms. The summed E-state index contributed by atoms with van der Waals surface area (Å²) in [7, 11) is 0. The minimum absolute atomic E-state index is 0.0552. The molecule has 0 unspecified atom stereocenters. The number of esters is 1. The maximum Gasteiger partial charge on any atom is 0.382 e. The Morgan fingerprint density at radius 1 is 0.920 bits per heavy atom. The fraction of sp³-hybridized carbons (Fsp3) is 0.286. The zero-order valence-corrected chi connectivity index (χ0v) is 14.2. The van der Waals surface area contributed by atoms with Crippen LogP contribution in [0.3, 0.4) is 0 Å². The van der Waals surface area contributed by atoms with Gasteiger partial charge in [0, 0.05) is 12.3 Å². The topological polar surface area (TPSA) is 60.4 Å². The fourth-order valence-corrected chi connectivity index (χ4v) is 3.23. The molecule has 128 valence electrons. The zero-order valence-electron chi connectivity index (χ0n) is 14.2. The van der Waals surface area contributed by atoms with Gasteiger partial charge in [-0.05, 0) is 28.7 Å². The van der Waals surface area contributed by atoms with Crippen LogP contribution < -0.4 is 0 Å². The summed E-state index contributed by atoms with van der Waals surface area (Å²) in [6.45, 7) is 1.98. The number of carbonyl (C=O) groups is 3. The number of hydrogen-bond donors (Lipinski definition) is 0. The minimum atomic E-state index is -1.05. The van der Waals surface area contributed by atoms with Crippen molar-refractivity contribution < 1.29 is 19.1 Å². The molecular weight excluding hydrogens is 316 g/mol. The first-order chi connectivity index (χ1) is 12.1. The van der Waals surface area contributed by atoms with E-state index in [9.17, 15) is 14.4 Å². The van der Waals surface area contributed by atoms with Gasteiger partial charge < -0.3 is 4.74 Å². The SMILES string of the molecule is CCCCC(=O)C(=O)C(=O)OCC1c2ccccc2-c2ccccc21. The standard InChI is InChI=1S/C21H20O4/c1-2-3-12-19(22)20(23)21(24)25-13-18-16-10-6-4-8-14(16)15-9-5-7-11-17(15)18/h4-11,18H,2-3,12-13H2,1H3. The van der Waals surface area contributed by atoms with Crippen molar-refractivity contribution >= 4 is 17.5 Å². The molecule has 0 N–H and O–H groups in total. The molecule has 1 aliphatic rings. The highest BCUT2D eigenvalue weighted by atomic mass is 16.5. The third kappa shape index (κ3) is 3.38. The normalized spacial score (nSPS) is 12.4. The Morgan fingerprint density at radius 3 is 2.04 bits per heavy atom. The highest BCUT2D eigenvalue weighted by Gasteiger charge is 2.31. The van der Waals surface area contributed by atoms with Gasteiger partial charge >= 0.3 is 11.8 Å². The van der Waals surface area contributed by atoms with E-state index in [1.165, 1.54) is 0 Å². The van der Waals surface area contributed by atoms with Crippen molar-refractivity contribution in [2.24, 2.45) is 0 Å². The molecule has 0 radical (unpaired) electrons. The Kier molecular flexibility index (Phi) is 5.08. The van der Waals surface area contributed by atoms with E-state index in [0.29, 0.717) is 6.42 Å². The second kappa shape index (κ2) is 7.43. The smallest absolute Gasteiger partial charge is 0.382 e. The summed E-state index contributed by atoms with van der Waals surface area (Å²) in [5.41, 5.74) is 4.37. The maximum absolute atomic E-state index is 11.9. The van der Waals surface area contributed by atoms with Crippen molar-refractivity contribution in [2.45, 2.75) is 32.1 Å². The molecule has 0 amide bonds. The van der Waals surface area contributed by atoms with Crippen LogP contribution in [0.4, 0.5) is 0 Å². The highest BCUT2D eigenvalue weighted by Crippen LogP contribution is 2.44. The zero-order chi connectivity index (χ0) is 17.8. The van der Waals surface area contributed by atoms with Crippen molar-refractivity contribution in [1.82, 2.24) is 0 Å². The van der Waals surface area contributed by atoms with Crippen LogP contribution in [0, 0.1) is 0 Å². The van der Waals surface area contributed by atoms with Gasteiger partial charge in [-0.1, -0.05) is 61.9 Å². The molecule has 0 bridgehead atoms. The molecule has 0 heterocycles. The lowest BCUT2D eigenvalue weighted by molar-refractivity contribution is -0.157. The average Bonchev–Trinajstić information content (AvgIpc) is 2.97. The quantitative estimate of drug-likeness (QED) is 0.440. The van der Waals surface area contributed by atoms with Gasteiger partial charge in [0.05, 0.1) is 0 Å². The summed E-state index contributed by atoms with van der Waals surface area (Å²) in [6, 6.07) is 15.9. The van der Waals surface area contributed by atoms with Crippen molar-refractivity contribution in [3.63, 3.8) is 0 Å². The molecule has 4 heteroatoms. The summed E-state index contributed by atoms with van der Waals surface area (Å²) < 4.78 is 5.19. The van der Waals surface area contributed by atoms with Gasteiger partial charge in [0.1, 0.15) is 6.61 Å². The van der Waals surface area contributed by atoms with Gasteiger partial charge in [-0.3, -0.25) is 9.59 Å². The number of ketones is 2. The summed E-state index contributed by atoms with van der Waals surface area (Å²) >= 11 is 0. The first-order valence-corrected chi connectivity index (χ1v) is 8.56. The fourth-order valence-electron chi connectivity index (χ4n) is 3.23. The highest BCUT2D eigenvalue weighted by molar-refractivity contribution is 6.62. The Morgan fingerprint density at radius 2 is 1.48 bits per heavy atom. The number of hydrogen-bond acceptors (Lipinski definition) is 4. The number of ether oxygens (including phenoxy) is 1. The van der Waals surface area contributed by atoms with E-state index in [0.717, 1.165) is 28.7 Å². The lowest BCUT2D eigenvalue weighted by Gasteiger charge is -2.13. The number of rotatable bonds is 7. The first kappa shape index (κ1) is 17.1. The van der Waals surface area contributed by atoms with E-state index in [2.05, 4.69) is 0 Å². The number of Topliss-reactive ketones (excluding diaryl/α,β-unsaturated/α-hetero) is 2. The minimum Gasteiger partial charge on any atom is -0.459 e. The molecular formula is C21H20O4. The van der Waals surface area contributed by atoms with Gasteiger partial charge in [0.25, 0.3) is 0 Å². The Labute approximate surface area is 146 Å². The number of unbranched alkanes of at least 4 members (excludes halogenated alkanes) is 1. The van der Waals surface area contributed by atoms with Crippen LogP contribution in [0.25, 0.3) is 11.1 Å². The van der Waals surface area contributed by atoms with Gasteiger partial charge in [0.2, 0.25) is 5.78 Å². The molecule has 2 aromatic carbocycles. The molecule has 0 saturated heterocycles. The molecule has 0 spiro atoms. The van der Waals surface area contributed by atoms with Crippen LogP contribution in [-0.2, 0) is 19.1 Å². The summed E-state index contributed by atoms with van der Waals surface area (Å²) in [5, 5.41) is 0. The van der Waals surface area contributed by atoms with Crippen molar-refractivity contribution in [3.05, 3.63) is 59.7 Å². The largest absolute Gasteiger partial charge is 0.459 e. The van der Waals surface area contributed by atoms with E-state index in [1.807, 2.05) is 55.5 Å². The van der Waals surface area contributed by atoms with E-state index in [1.54, 1.807) is 0 Å². The van der Waals surface area contributed by atoms with Crippen molar-refractivity contribution in [1.29, 1.82) is 0 Å². The van der Waals surface area contributed by atoms with E-state index in [4.69, 9.17) is 4.74 Å². The molecule has 2 aromatic rings. The number of carbonyl (C=O) groups excluding carboxylic acids is 3. The molecule has 4 nitrogen and oxygen atoms in total. The molecule has 0 fully saturated rings. The van der Waals surface area contributed by atoms with E-state index < -0.39 is 17.5 Å². The molecule has 3 rings (SSSR count). The third-order valence-corrected chi connectivity index (χ3v) is 4.54. The summed E-state index contributed by atoms with van der Waals surface area (Å²) in [6.07, 6.45) is 1.49. The van der Waals surface area contributed by atoms with E-state index >= 15 is 0 Å².